The highest BCUT2D eigenvalue weighted by atomic mass is 19.4. The van der Waals surface area contributed by atoms with E-state index in [0.29, 0.717) is 38.1 Å². The SMILES string of the molecule is CN(C)c1nc(N2CCOCC2)ncc1NC(=O)Nc1ccccc1C(F)(F)F. The van der Waals surface area contributed by atoms with E-state index in [4.69, 9.17) is 4.74 Å². The molecule has 2 aromatic rings. The van der Waals surface area contributed by atoms with Gasteiger partial charge in [0.15, 0.2) is 5.82 Å². The minimum atomic E-state index is -4.58. The summed E-state index contributed by atoms with van der Waals surface area (Å²) in [6.45, 7) is 2.44. The molecule has 1 fully saturated rings. The van der Waals surface area contributed by atoms with Crippen LogP contribution in [0.2, 0.25) is 0 Å². The van der Waals surface area contributed by atoms with Crippen LogP contribution < -0.4 is 20.4 Å². The Labute approximate surface area is 165 Å². The topological polar surface area (TPSA) is 82.6 Å². The van der Waals surface area contributed by atoms with Crippen molar-refractivity contribution in [1.82, 2.24) is 9.97 Å². The van der Waals surface area contributed by atoms with Gasteiger partial charge in [0.25, 0.3) is 0 Å². The van der Waals surface area contributed by atoms with Crippen molar-refractivity contribution in [3.05, 3.63) is 36.0 Å². The number of amides is 2. The first-order chi connectivity index (χ1) is 13.8. The zero-order chi connectivity index (χ0) is 21.0. The maximum Gasteiger partial charge on any atom is 0.418 e. The van der Waals surface area contributed by atoms with Gasteiger partial charge in [-0.25, -0.2) is 9.78 Å². The van der Waals surface area contributed by atoms with Crippen molar-refractivity contribution in [2.24, 2.45) is 0 Å². The van der Waals surface area contributed by atoms with Gasteiger partial charge in [0.05, 0.1) is 30.7 Å². The predicted molar refractivity (Wildman–Crippen MR) is 103 cm³/mol. The van der Waals surface area contributed by atoms with Gasteiger partial charge in [0, 0.05) is 27.2 Å². The lowest BCUT2D eigenvalue weighted by Gasteiger charge is -2.28. The Morgan fingerprint density at radius 1 is 1.14 bits per heavy atom. The van der Waals surface area contributed by atoms with Crippen LogP contribution in [0.25, 0.3) is 0 Å². The van der Waals surface area contributed by atoms with Crippen molar-refractivity contribution in [3.8, 4) is 0 Å². The third-order valence-corrected chi connectivity index (χ3v) is 4.20. The molecule has 0 radical (unpaired) electrons. The third-order valence-electron chi connectivity index (χ3n) is 4.20. The molecule has 0 spiro atoms. The van der Waals surface area contributed by atoms with Gasteiger partial charge in [-0.05, 0) is 12.1 Å². The lowest BCUT2D eigenvalue weighted by Crippen LogP contribution is -2.37. The number of urea groups is 1. The van der Waals surface area contributed by atoms with E-state index < -0.39 is 17.8 Å². The second kappa shape index (κ2) is 8.52. The number of hydrogen-bond acceptors (Lipinski definition) is 6. The number of halogens is 3. The molecule has 1 aromatic heterocycles. The van der Waals surface area contributed by atoms with Crippen LogP contribution in [0, 0.1) is 0 Å². The van der Waals surface area contributed by atoms with Crippen LogP contribution in [0.1, 0.15) is 5.56 Å². The largest absolute Gasteiger partial charge is 0.418 e. The summed E-state index contributed by atoms with van der Waals surface area (Å²) in [5.41, 5.74) is -0.995. The molecule has 8 nitrogen and oxygen atoms in total. The number of benzene rings is 1. The predicted octanol–water partition coefficient (Wildman–Crippen LogP) is 3.04. The molecule has 0 aliphatic carbocycles. The molecule has 1 aromatic carbocycles. The van der Waals surface area contributed by atoms with Crippen LogP contribution in [0.5, 0.6) is 0 Å². The highest BCUT2D eigenvalue weighted by Gasteiger charge is 2.33. The summed E-state index contributed by atoms with van der Waals surface area (Å²) in [4.78, 5) is 24.7. The van der Waals surface area contributed by atoms with Crippen molar-refractivity contribution < 1.29 is 22.7 Å². The Balaban J connectivity index is 1.78. The zero-order valence-corrected chi connectivity index (χ0v) is 16.0. The molecule has 2 amide bonds. The Morgan fingerprint density at radius 2 is 1.79 bits per heavy atom. The fourth-order valence-corrected chi connectivity index (χ4v) is 2.82. The average molecular weight is 410 g/mol. The van der Waals surface area contributed by atoms with Crippen LogP contribution in [0.4, 0.5) is 41.1 Å². The monoisotopic (exact) mass is 410 g/mol. The third kappa shape index (κ3) is 5.05. The smallest absolute Gasteiger partial charge is 0.378 e. The number of carbonyl (C=O) groups excluding carboxylic acids is 1. The molecule has 1 aliphatic rings. The number of alkyl halides is 3. The van der Waals surface area contributed by atoms with E-state index in [0.717, 1.165) is 6.07 Å². The fourth-order valence-electron chi connectivity index (χ4n) is 2.82. The first kappa shape index (κ1) is 20.6. The number of ether oxygens (including phenoxy) is 1. The molecule has 1 saturated heterocycles. The fraction of sp³-hybridized carbons (Fsp3) is 0.389. The van der Waals surface area contributed by atoms with Crippen molar-refractivity contribution in [1.29, 1.82) is 0 Å². The molecular formula is C18H21F3N6O2. The van der Waals surface area contributed by atoms with E-state index in [1.165, 1.54) is 24.4 Å². The van der Waals surface area contributed by atoms with Crippen molar-refractivity contribution >= 4 is 29.2 Å². The van der Waals surface area contributed by atoms with Gasteiger partial charge < -0.3 is 25.2 Å². The lowest BCUT2D eigenvalue weighted by atomic mass is 10.1. The number of nitrogens with one attached hydrogen (secondary N) is 2. The quantitative estimate of drug-likeness (QED) is 0.806. The Hall–Kier alpha value is -3.08. The number of rotatable bonds is 4. The number of aromatic nitrogens is 2. The van der Waals surface area contributed by atoms with E-state index in [1.54, 1.807) is 19.0 Å². The summed E-state index contributed by atoms with van der Waals surface area (Å²) in [7, 11) is 3.49. The van der Waals surface area contributed by atoms with Crippen LogP contribution in [0.3, 0.4) is 0 Å². The maximum atomic E-state index is 13.1. The number of hydrogen-bond donors (Lipinski definition) is 2. The summed E-state index contributed by atoms with van der Waals surface area (Å²) in [5, 5.41) is 4.76. The summed E-state index contributed by atoms with van der Waals surface area (Å²) >= 11 is 0. The van der Waals surface area contributed by atoms with Gasteiger partial charge >= 0.3 is 12.2 Å². The van der Waals surface area contributed by atoms with Gasteiger partial charge in [-0.15, -0.1) is 0 Å². The number of morpholine rings is 1. The molecule has 0 unspecified atom stereocenters. The van der Waals surface area contributed by atoms with Crippen LogP contribution in [-0.4, -0.2) is 56.4 Å². The van der Waals surface area contributed by atoms with Crippen molar-refractivity contribution in [3.63, 3.8) is 0 Å². The summed E-state index contributed by atoms with van der Waals surface area (Å²) in [6, 6.07) is 3.94. The minimum Gasteiger partial charge on any atom is -0.378 e. The Kier molecular flexibility index (Phi) is 6.06. The van der Waals surface area contributed by atoms with Gasteiger partial charge in [-0.3, -0.25) is 0 Å². The second-order valence-corrected chi connectivity index (χ2v) is 6.52. The Morgan fingerprint density at radius 3 is 2.45 bits per heavy atom. The summed E-state index contributed by atoms with van der Waals surface area (Å²) < 4.78 is 44.6. The van der Waals surface area contributed by atoms with E-state index in [9.17, 15) is 18.0 Å². The summed E-state index contributed by atoms with van der Waals surface area (Å²) in [6.07, 6.45) is -3.15. The molecule has 1 aliphatic heterocycles. The van der Waals surface area contributed by atoms with Gasteiger partial charge in [0.2, 0.25) is 5.95 Å². The minimum absolute atomic E-state index is 0.272. The summed E-state index contributed by atoms with van der Waals surface area (Å²) in [5.74, 6) is 0.922. The average Bonchev–Trinajstić information content (AvgIpc) is 2.68. The first-order valence-electron chi connectivity index (χ1n) is 8.87. The molecule has 0 bridgehead atoms. The van der Waals surface area contributed by atoms with Crippen LogP contribution >= 0.6 is 0 Å². The van der Waals surface area contributed by atoms with E-state index in [1.807, 2.05) is 4.90 Å². The molecule has 0 saturated carbocycles. The van der Waals surface area contributed by atoms with Crippen molar-refractivity contribution in [2.75, 3.05) is 60.8 Å². The van der Waals surface area contributed by atoms with Crippen LogP contribution in [0.15, 0.2) is 30.5 Å². The molecule has 29 heavy (non-hydrogen) atoms. The molecule has 0 atom stereocenters. The maximum absolute atomic E-state index is 13.1. The highest BCUT2D eigenvalue weighted by molar-refractivity contribution is 6.01. The van der Waals surface area contributed by atoms with Crippen LogP contribution in [-0.2, 0) is 10.9 Å². The molecule has 2 N–H and O–H groups in total. The van der Waals surface area contributed by atoms with Gasteiger partial charge in [0.1, 0.15) is 5.69 Å². The van der Waals surface area contributed by atoms with E-state index in [-0.39, 0.29) is 11.4 Å². The van der Waals surface area contributed by atoms with E-state index in [2.05, 4.69) is 20.6 Å². The molecule has 3 rings (SSSR count). The van der Waals surface area contributed by atoms with Gasteiger partial charge in [-0.2, -0.15) is 18.2 Å². The number of anilines is 4. The normalized spacial score (nSPS) is 14.4. The molecule has 11 heteroatoms. The van der Waals surface area contributed by atoms with Gasteiger partial charge in [-0.1, -0.05) is 12.1 Å². The number of nitrogens with zero attached hydrogens (tertiary/aromatic N) is 4. The Bertz CT molecular complexity index is 869. The second-order valence-electron chi connectivity index (χ2n) is 6.52. The number of para-hydroxylation sites is 1. The molecule has 156 valence electrons. The number of carbonyl (C=O) groups is 1. The lowest BCUT2D eigenvalue weighted by molar-refractivity contribution is -0.136. The first-order valence-corrected chi connectivity index (χ1v) is 8.87. The standard InChI is InChI=1S/C18H21F3N6O2/c1-26(2)15-14(11-22-16(25-15)27-7-9-29-10-8-27)24-17(28)23-13-6-4-3-5-12(13)18(19,20)21/h3-6,11H,7-10H2,1-2H3,(H2,23,24,28). The zero-order valence-electron chi connectivity index (χ0n) is 16.0. The van der Waals surface area contributed by atoms with Crippen molar-refractivity contribution in [2.45, 2.75) is 6.18 Å². The molecule has 2 heterocycles. The van der Waals surface area contributed by atoms with E-state index >= 15 is 0 Å². The molecular weight excluding hydrogens is 389 g/mol. The highest BCUT2D eigenvalue weighted by Crippen LogP contribution is 2.34.